The summed E-state index contributed by atoms with van der Waals surface area (Å²) in [6.07, 6.45) is 1.03. The molecule has 0 atom stereocenters. The predicted octanol–water partition coefficient (Wildman–Crippen LogP) is 2.41. The topological polar surface area (TPSA) is 71.3 Å². The zero-order chi connectivity index (χ0) is 15.4. The average Bonchev–Trinajstić information content (AvgIpc) is 2.69. The van der Waals surface area contributed by atoms with Gasteiger partial charge in [-0.25, -0.2) is 13.1 Å². The van der Waals surface area contributed by atoms with E-state index >= 15 is 0 Å². The van der Waals surface area contributed by atoms with Crippen LogP contribution in [0.4, 0.5) is 0 Å². The van der Waals surface area contributed by atoms with Crippen LogP contribution in [0, 0.1) is 12.3 Å². The van der Waals surface area contributed by atoms with E-state index in [1.165, 1.54) is 0 Å². The SMILES string of the molecule is CCCNCc1cc(S(=O)(=O)NCC(C)(C)C)c(C)o1. The molecule has 1 heterocycles. The lowest BCUT2D eigenvalue weighted by molar-refractivity contribution is 0.407. The summed E-state index contributed by atoms with van der Waals surface area (Å²) in [6, 6.07) is 1.60. The first-order valence-corrected chi connectivity index (χ1v) is 8.44. The monoisotopic (exact) mass is 302 g/mol. The minimum absolute atomic E-state index is 0.101. The molecule has 0 bridgehead atoms. The highest BCUT2D eigenvalue weighted by molar-refractivity contribution is 7.89. The zero-order valence-electron chi connectivity index (χ0n) is 13.0. The highest BCUT2D eigenvalue weighted by Crippen LogP contribution is 2.21. The molecule has 0 aliphatic heterocycles. The molecule has 0 saturated carbocycles. The predicted molar refractivity (Wildman–Crippen MR) is 80.1 cm³/mol. The zero-order valence-corrected chi connectivity index (χ0v) is 13.9. The molecule has 0 unspecified atom stereocenters. The second kappa shape index (κ2) is 6.74. The Morgan fingerprint density at radius 1 is 1.30 bits per heavy atom. The van der Waals surface area contributed by atoms with Gasteiger partial charge < -0.3 is 9.73 Å². The fourth-order valence-electron chi connectivity index (χ4n) is 1.66. The summed E-state index contributed by atoms with van der Waals surface area (Å²) in [5.41, 5.74) is -0.101. The summed E-state index contributed by atoms with van der Waals surface area (Å²) in [7, 11) is -3.51. The lowest BCUT2D eigenvalue weighted by atomic mass is 9.98. The van der Waals surface area contributed by atoms with Crippen LogP contribution in [0.1, 0.15) is 45.6 Å². The maximum absolute atomic E-state index is 12.3. The number of hydrogen-bond acceptors (Lipinski definition) is 4. The summed E-state index contributed by atoms with van der Waals surface area (Å²) in [5, 5.41) is 3.19. The molecule has 20 heavy (non-hydrogen) atoms. The van der Waals surface area contributed by atoms with E-state index in [-0.39, 0.29) is 10.3 Å². The van der Waals surface area contributed by atoms with Crippen LogP contribution >= 0.6 is 0 Å². The molecule has 1 rings (SSSR count). The van der Waals surface area contributed by atoms with Crippen molar-refractivity contribution in [1.29, 1.82) is 0 Å². The Morgan fingerprint density at radius 3 is 2.50 bits per heavy atom. The molecule has 2 N–H and O–H groups in total. The van der Waals surface area contributed by atoms with Crippen LogP contribution in [0.3, 0.4) is 0 Å². The van der Waals surface area contributed by atoms with Gasteiger partial charge in [0.15, 0.2) is 0 Å². The van der Waals surface area contributed by atoms with Crippen LogP contribution < -0.4 is 10.0 Å². The third kappa shape index (κ3) is 5.26. The number of aryl methyl sites for hydroxylation is 1. The molecule has 0 aromatic carbocycles. The molecule has 1 aromatic rings. The van der Waals surface area contributed by atoms with Crippen LogP contribution in [0.15, 0.2) is 15.4 Å². The smallest absolute Gasteiger partial charge is 0.244 e. The Bertz CT molecular complexity index is 527. The number of rotatable bonds is 7. The fourth-order valence-corrected chi connectivity index (χ4v) is 3.14. The van der Waals surface area contributed by atoms with Gasteiger partial charge in [0.25, 0.3) is 0 Å². The van der Waals surface area contributed by atoms with Gasteiger partial charge in [-0.05, 0) is 25.3 Å². The molecular weight excluding hydrogens is 276 g/mol. The van der Waals surface area contributed by atoms with E-state index in [0.717, 1.165) is 13.0 Å². The van der Waals surface area contributed by atoms with E-state index < -0.39 is 10.0 Å². The lowest BCUT2D eigenvalue weighted by Crippen LogP contribution is -2.32. The van der Waals surface area contributed by atoms with E-state index in [1.807, 2.05) is 20.8 Å². The summed E-state index contributed by atoms with van der Waals surface area (Å²) in [4.78, 5) is 0.232. The molecule has 6 heteroatoms. The fraction of sp³-hybridized carbons (Fsp3) is 0.714. The van der Waals surface area contributed by atoms with Gasteiger partial charge in [-0.1, -0.05) is 27.7 Å². The summed E-state index contributed by atoms with van der Waals surface area (Å²) < 4.78 is 32.6. The van der Waals surface area contributed by atoms with Crippen molar-refractivity contribution in [3.8, 4) is 0 Å². The van der Waals surface area contributed by atoms with Crippen molar-refractivity contribution in [3.63, 3.8) is 0 Å². The van der Waals surface area contributed by atoms with E-state index in [0.29, 0.717) is 24.6 Å². The number of sulfonamides is 1. The van der Waals surface area contributed by atoms with Crippen molar-refractivity contribution >= 4 is 10.0 Å². The Hall–Kier alpha value is -0.850. The van der Waals surface area contributed by atoms with Gasteiger partial charge >= 0.3 is 0 Å². The molecule has 0 aliphatic carbocycles. The first kappa shape index (κ1) is 17.2. The van der Waals surface area contributed by atoms with E-state index in [1.54, 1.807) is 13.0 Å². The second-order valence-corrected chi connectivity index (χ2v) is 7.93. The molecule has 116 valence electrons. The highest BCUT2D eigenvalue weighted by Gasteiger charge is 2.23. The van der Waals surface area contributed by atoms with E-state index in [4.69, 9.17) is 4.42 Å². The van der Waals surface area contributed by atoms with Crippen molar-refractivity contribution in [2.45, 2.75) is 52.5 Å². The Kier molecular flexibility index (Phi) is 5.79. The summed E-state index contributed by atoms with van der Waals surface area (Å²) >= 11 is 0. The lowest BCUT2D eigenvalue weighted by Gasteiger charge is -2.18. The first-order valence-electron chi connectivity index (χ1n) is 6.95. The molecule has 0 saturated heterocycles. The molecule has 5 nitrogen and oxygen atoms in total. The minimum atomic E-state index is -3.51. The van der Waals surface area contributed by atoms with Gasteiger partial charge in [-0.2, -0.15) is 0 Å². The van der Waals surface area contributed by atoms with Gasteiger partial charge in [0, 0.05) is 12.6 Å². The molecular formula is C14H26N2O3S. The van der Waals surface area contributed by atoms with Gasteiger partial charge in [-0.15, -0.1) is 0 Å². The van der Waals surface area contributed by atoms with Gasteiger partial charge in [0.1, 0.15) is 16.4 Å². The number of hydrogen-bond donors (Lipinski definition) is 2. The van der Waals surface area contributed by atoms with Crippen LogP contribution in [-0.2, 0) is 16.6 Å². The summed E-state index contributed by atoms with van der Waals surface area (Å²) in [6.45, 7) is 11.5. The Balaban J connectivity index is 2.79. The number of nitrogens with one attached hydrogen (secondary N) is 2. The molecule has 0 aliphatic rings. The van der Waals surface area contributed by atoms with Crippen molar-refractivity contribution in [2.24, 2.45) is 5.41 Å². The Morgan fingerprint density at radius 2 is 1.95 bits per heavy atom. The van der Waals surface area contributed by atoms with E-state index in [2.05, 4.69) is 17.0 Å². The molecule has 0 fully saturated rings. The third-order valence-electron chi connectivity index (χ3n) is 2.73. The molecule has 0 radical (unpaired) electrons. The number of furan rings is 1. The maximum Gasteiger partial charge on any atom is 0.244 e. The summed E-state index contributed by atoms with van der Waals surface area (Å²) in [5.74, 6) is 1.08. The maximum atomic E-state index is 12.3. The molecule has 0 amide bonds. The van der Waals surface area contributed by atoms with Crippen LogP contribution in [0.25, 0.3) is 0 Å². The van der Waals surface area contributed by atoms with Gasteiger partial charge in [-0.3, -0.25) is 0 Å². The minimum Gasteiger partial charge on any atom is -0.464 e. The van der Waals surface area contributed by atoms with Crippen LogP contribution in [0.5, 0.6) is 0 Å². The first-order chi connectivity index (χ1) is 9.15. The van der Waals surface area contributed by atoms with Crippen LogP contribution in [-0.4, -0.2) is 21.5 Å². The van der Waals surface area contributed by atoms with Gasteiger partial charge in [0.05, 0.1) is 6.54 Å². The highest BCUT2D eigenvalue weighted by atomic mass is 32.2. The van der Waals surface area contributed by atoms with Crippen molar-refractivity contribution < 1.29 is 12.8 Å². The molecule has 0 spiro atoms. The van der Waals surface area contributed by atoms with Crippen molar-refractivity contribution in [3.05, 3.63) is 17.6 Å². The Labute approximate surface area is 122 Å². The average molecular weight is 302 g/mol. The van der Waals surface area contributed by atoms with Crippen molar-refractivity contribution in [1.82, 2.24) is 10.0 Å². The molecule has 1 aromatic heterocycles. The van der Waals surface area contributed by atoms with E-state index in [9.17, 15) is 8.42 Å². The van der Waals surface area contributed by atoms with Crippen molar-refractivity contribution in [2.75, 3.05) is 13.1 Å². The third-order valence-corrected chi connectivity index (χ3v) is 4.24. The van der Waals surface area contributed by atoms with Crippen LogP contribution in [0.2, 0.25) is 0 Å². The van der Waals surface area contributed by atoms with Gasteiger partial charge in [0.2, 0.25) is 10.0 Å². The standard InChI is InChI=1S/C14H26N2O3S/c1-6-7-15-9-12-8-13(11(2)19-12)20(17,18)16-10-14(3,4)5/h8,15-16H,6-7,9-10H2,1-5H3. The quantitative estimate of drug-likeness (QED) is 0.759. The largest absolute Gasteiger partial charge is 0.464 e. The normalized spacial score (nSPS) is 12.8. The second-order valence-electron chi connectivity index (χ2n) is 6.20.